The zero-order valence-electron chi connectivity index (χ0n) is 11.8. The standard InChI is InChI=1S/C14H27N3O/c1-3-13-6-4-5-8-17(13)14(18)11-16-9-7-15-12(2)10-16/h12-13,15H,3-11H2,1-2H3/t12-,13?/m0/s1. The summed E-state index contributed by atoms with van der Waals surface area (Å²) >= 11 is 0. The van der Waals surface area contributed by atoms with Crippen LogP contribution in [0.5, 0.6) is 0 Å². The topological polar surface area (TPSA) is 35.6 Å². The molecular formula is C14H27N3O. The zero-order valence-corrected chi connectivity index (χ0v) is 11.8. The van der Waals surface area contributed by atoms with Gasteiger partial charge in [-0.15, -0.1) is 0 Å². The summed E-state index contributed by atoms with van der Waals surface area (Å²) < 4.78 is 0. The Morgan fingerprint density at radius 3 is 2.89 bits per heavy atom. The van der Waals surface area contributed by atoms with Crippen molar-refractivity contribution in [2.24, 2.45) is 0 Å². The highest BCUT2D eigenvalue weighted by atomic mass is 16.2. The minimum absolute atomic E-state index is 0.343. The molecule has 2 aliphatic heterocycles. The van der Waals surface area contributed by atoms with E-state index in [1.54, 1.807) is 0 Å². The van der Waals surface area contributed by atoms with Gasteiger partial charge >= 0.3 is 0 Å². The predicted molar refractivity (Wildman–Crippen MR) is 73.5 cm³/mol. The molecule has 0 aromatic carbocycles. The van der Waals surface area contributed by atoms with Crippen LogP contribution in [0.3, 0.4) is 0 Å². The first-order valence-corrected chi connectivity index (χ1v) is 7.46. The first-order valence-electron chi connectivity index (χ1n) is 7.46. The van der Waals surface area contributed by atoms with Gasteiger partial charge in [0.15, 0.2) is 0 Å². The number of carbonyl (C=O) groups excluding carboxylic acids is 1. The van der Waals surface area contributed by atoms with E-state index < -0.39 is 0 Å². The molecule has 0 aromatic heterocycles. The average Bonchev–Trinajstić information content (AvgIpc) is 2.38. The number of nitrogens with one attached hydrogen (secondary N) is 1. The number of hydrogen-bond acceptors (Lipinski definition) is 3. The molecule has 0 spiro atoms. The van der Waals surface area contributed by atoms with Crippen molar-refractivity contribution in [3.8, 4) is 0 Å². The average molecular weight is 253 g/mol. The lowest BCUT2D eigenvalue weighted by molar-refractivity contribution is -0.136. The van der Waals surface area contributed by atoms with Crippen LogP contribution in [0.25, 0.3) is 0 Å². The maximum atomic E-state index is 12.4. The Labute approximate surface area is 111 Å². The summed E-state index contributed by atoms with van der Waals surface area (Å²) in [4.78, 5) is 16.8. The van der Waals surface area contributed by atoms with E-state index in [1.165, 1.54) is 19.3 Å². The number of amides is 1. The second kappa shape index (κ2) is 6.53. The fourth-order valence-electron chi connectivity index (χ4n) is 3.19. The Bertz CT molecular complexity index is 282. The second-order valence-electron chi connectivity index (χ2n) is 5.74. The molecule has 0 bridgehead atoms. The zero-order chi connectivity index (χ0) is 13.0. The van der Waals surface area contributed by atoms with Crippen LogP contribution in [0.4, 0.5) is 0 Å². The van der Waals surface area contributed by atoms with Gasteiger partial charge in [-0.05, 0) is 32.6 Å². The molecule has 2 saturated heterocycles. The van der Waals surface area contributed by atoms with E-state index in [0.717, 1.165) is 32.6 Å². The van der Waals surface area contributed by atoms with Crippen molar-refractivity contribution in [3.63, 3.8) is 0 Å². The van der Waals surface area contributed by atoms with Gasteiger partial charge in [0, 0.05) is 38.3 Å². The first kappa shape index (κ1) is 13.8. The van der Waals surface area contributed by atoms with E-state index in [2.05, 4.69) is 29.0 Å². The highest BCUT2D eigenvalue weighted by Crippen LogP contribution is 2.19. The lowest BCUT2D eigenvalue weighted by Gasteiger charge is -2.38. The molecule has 1 amide bonds. The lowest BCUT2D eigenvalue weighted by Crippen LogP contribution is -2.54. The summed E-state index contributed by atoms with van der Waals surface area (Å²) in [5.74, 6) is 0.343. The Morgan fingerprint density at radius 2 is 2.17 bits per heavy atom. The van der Waals surface area contributed by atoms with Crippen molar-refractivity contribution in [3.05, 3.63) is 0 Å². The number of likely N-dealkylation sites (tertiary alicyclic amines) is 1. The number of piperidine rings is 1. The van der Waals surface area contributed by atoms with Crippen LogP contribution in [-0.4, -0.2) is 60.5 Å². The van der Waals surface area contributed by atoms with Crippen LogP contribution in [0.1, 0.15) is 39.5 Å². The SMILES string of the molecule is CCC1CCCCN1C(=O)CN1CCN[C@@H](C)C1. The molecule has 4 nitrogen and oxygen atoms in total. The van der Waals surface area contributed by atoms with Crippen LogP contribution >= 0.6 is 0 Å². The molecule has 1 unspecified atom stereocenters. The normalized spacial score (nSPS) is 30.4. The maximum absolute atomic E-state index is 12.4. The smallest absolute Gasteiger partial charge is 0.236 e. The largest absolute Gasteiger partial charge is 0.339 e. The molecule has 104 valence electrons. The summed E-state index contributed by atoms with van der Waals surface area (Å²) in [6, 6.07) is 1.00. The van der Waals surface area contributed by atoms with Crippen molar-refractivity contribution < 1.29 is 4.79 Å². The van der Waals surface area contributed by atoms with Crippen LogP contribution in [0.15, 0.2) is 0 Å². The van der Waals surface area contributed by atoms with Crippen molar-refractivity contribution in [1.82, 2.24) is 15.1 Å². The molecule has 18 heavy (non-hydrogen) atoms. The van der Waals surface area contributed by atoms with Gasteiger partial charge in [0.2, 0.25) is 5.91 Å². The minimum Gasteiger partial charge on any atom is -0.339 e. The molecule has 0 aromatic rings. The Hall–Kier alpha value is -0.610. The van der Waals surface area contributed by atoms with Gasteiger partial charge < -0.3 is 10.2 Å². The summed E-state index contributed by atoms with van der Waals surface area (Å²) in [7, 11) is 0. The molecule has 0 radical (unpaired) electrons. The number of hydrogen-bond donors (Lipinski definition) is 1. The molecule has 2 heterocycles. The molecular weight excluding hydrogens is 226 g/mol. The molecule has 2 aliphatic rings. The summed E-state index contributed by atoms with van der Waals surface area (Å²) in [6.45, 7) is 8.97. The van der Waals surface area contributed by atoms with Crippen molar-refractivity contribution in [2.75, 3.05) is 32.7 Å². The summed E-state index contributed by atoms with van der Waals surface area (Å²) in [5.41, 5.74) is 0. The number of rotatable bonds is 3. The number of nitrogens with zero attached hydrogens (tertiary/aromatic N) is 2. The molecule has 1 N–H and O–H groups in total. The maximum Gasteiger partial charge on any atom is 0.236 e. The van der Waals surface area contributed by atoms with Crippen LogP contribution in [0, 0.1) is 0 Å². The summed E-state index contributed by atoms with van der Waals surface area (Å²) in [6.07, 6.45) is 4.76. The number of carbonyl (C=O) groups is 1. The Balaban J connectivity index is 1.85. The quantitative estimate of drug-likeness (QED) is 0.817. The highest BCUT2D eigenvalue weighted by molar-refractivity contribution is 5.78. The molecule has 2 rings (SSSR count). The van der Waals surface area contributed by atoms with Gasteiger partial charge in [-0.3, -0.25) is 9.69 Å². The van der Waals surface area contributed by atoms with Gasteiger partial charge in [0.25, 0.3) is 0 Å². The van der Waals surface area contributed by atoms with Gasteiger partial charge in [-0.25, -0.2) is 0 Å². The fraction of sp³-hybridized carbons (Fsp3) is 0.929. The van der Waals surface area contributed by atoms with E-state index in [9.17, 15) is 4.79 Å². The van der Waals surface area contributed by atoms with Gasteiger partial charge in [0.1, 0.15) is 0 Å². The van der Waals surface area contributed by atoms with Crippen LogP contribution < -0.4 is 5.32 Å². The fourth-order valence-corrected chi connectivity index (χ4v) is 3.19. The molecule has 2 atom stereocenters. The van der Waals surface area contributed by atoms with Crippen molar-refractivity contribution in [2.45, 2.75) is 51.6 Å². The Morgan fingerprint density at radius 1 is 1.33 bits per heavy atom. The summed E-state index contributed by atoms with van der Waals surface area (Å²) in [5, 5.41) is 3.42. The first-order chi connectivity index (χ1) is 8.70. The monoisotopic (exact) mass is 253 g/mol. The second-order valence-corrected chi connectivity index (χ2v) is 5.74. The van der Waals surface area contributed by atoms with E-state index in [4.69, 9.17) is 0 Å². The van der Waals surface area contributed by atoms with Crippen LogP contribution in [-0.2, 0) is 4.79 Å². The third-order valence-electron chi connectivity index (χ3n) is 4.23. The van der Waals surface area contributed by atoms with E-state index in [0.29, 0.717) is 24.5 Å². The molecule has 4 heteroatoms. The van der Waals surface area contributed by atoms with Crippen LogP contribution in [0.2, 0.25) is 0 Å². The van der Waals surface area contributed by atoms with Gasteiger partial charge in [-0.2, -0.15) is 0 Å². The minimum atomic E-state index is 0.343. The van der Waals surface area contributed by atoms with E-state index >= 15 is 0 Å². The highest BCUT2D eigenvalue weighted by Gasteiger charge is 2.27. The van der Waals surface area contributed by atoms with E-state index in [-0.39, 0.29) is 0 Å². The lowest BCUT2D eigenvalue weighted by atomic mass is 10.00. The van der Waals surface area contributed by atoms with E-state index in [1.807, 2.05) is 0 Å². The molecule has 0 saturated carbocycles. The predicted octanol–water partition coefficient (Wildman–Crippen LogP) is 1.07. The Kier molecular flexibility index (Phi) is 5.01. The molecule has 2 fully saturated rings. The van der Waals surface area contributed by atoms with Gasteiger partial charge in [-0.1, -0.05) is 6.92 Å². The van der Waals surface area contributed by atoms with Crippen molar-refractivity contribution in [1.29, 1.82) is 0 Å². The van der Waals surface area contributed by atoms with Gasteiger partial charge in [0.05, 0.1) is 6.54 Å². The third kappa shape index (κ3) is 3.45. The number of piperazine rings is 1. The third-order valence-corrected chi connectivity index (χ3v) is 4.23. The van der Waals surface area contributed by atoms with Crippen molar-refractivity contribution >= 4 is 5.91 Å². The molecule has 0 aliphatic carbocycles.